The zero-order chi connectivity index (χ0) is 17.3. The number of carbonyl (C=O) groups excluding carboxylic acids is 2. The molecule has 1 amide bonds. The monoisotopic (exact) mass is 347 g/mol. The Balaban J connectivity index is 1.89. The molecule has 1 N–H and O–H groups in total. The highest BCUT2D eigenvalue weighted by Crippen LogP contribution is 2.25. The molecule has 24 heavy (non-hydrogen) atoms. The van der Waals surface area contributed by atoms with Crippen LogP contribution in [-0.4, -0.2) is 27.8 Å². The van der Waals surface area contributed by atoms with E-state index in [1.54, 1.807) is 13.8 Å². The molecule has 2 aromatic heterocycles. The first-order valence-electron chi connectivity index (χ1n) is 8.28. The number of aryl methyl sites for hydroxylation is 1. The molecule has 2 aromatic rings. The molecule has 0 radical (unpaired) electrons. The molecule has 0 saturated heterocycles. The molecule has 1 fully saturated rings. The van der Waals surface area contributed by atoms with Gasteiger partial charge in [-0.15, -0.1) is 11.3 Å². The topological polar surface area (TPSA) is 81.1 Å². The SMILES string of the molecule is Cc1c(C=O)sc2ncn(C(C)C(=O)NC3CCCCC3)c(=O)c12. The highest BCUT2D eigenvalue weighted by molar-refractivity contribution is 7.20. The Kier molecular flexibility index (Phi) is 4.80. The molecular formula is C17H21N3O3S. The summed E-state index contributed by atoms with van der Waals surface area (Å²) in [6.07, 6.45) is 7.63. The number of aldehydes is 1. The van der Waals surface area contributed by atoms with Crippen LogP contribution in [0, 0.1) is 6.92 Å². The fourth-order valence-corrected chi connectivity index (χ4v) is 4.19. The largest absolute Gasteiger partial charge is 0.352 e. The molecule has 128 valence electrons. The van der Waals surface area contributed by atoms with E-state index >= 15 is 0 Å². The van der Waals surface area contributed by atoms with E-state index in [0.29, 0.717) is 20.7 Å². The molecule has 1 unspecified atom stereocenters. The third kappa shape index (κ3) is 3.00. The smallest absolute Gasteiger partial charge is 0.263 e. The number of aromatic nitrogens is 2. The standard InChI is InChI=1S/C17H21N3O3S/c1-10-13(8-21)24-16-14(10)17(23)20(9-18-16)11(2)15(22)19-12-6-4-3-5-7-12/h8-9,11-12H,3-7H2,1-2H3,(H,19,22). The van der Waals surface area contributed by atoms with Gasteiger partial charge in [0.1, 0.15) is 10.9 Å². The number of nitrogens with one attached hydrogen (secondary N) is 1. The quantitative estimate of drug-likeness (QED) is 0.862. The summed E-state index contributed by atoms with van der Waals surface area (Å²) in [5, 5.41) is 3.48. The van der Waals surface area contributed by atoms with Crippen molar-refractivity contribution >= 4 is 33.7 Å². The fourth-order valence-electron chi connectivity index (χ4n) is 3.24. The minimum atomic E-state index is -0.629. The van der Waals surface area contributed by atoms with Crippen LogP contribution in [-0.2, 0) is 4.79 Å². The average molecular weight is 347 g/mol. The Morgan fingerprint density at radius 3 is 2.79 bits per heavy atom. The number of rotatable bonds is 4. The lowest BCUT2D eigenvalue weighted by molar-refractivity contribution is -0.124. The molecule has 0 aromatic carbocycles. The highest BCUT2D eigenvalue weighted by atomic mass is 32.1. The van der Waals surface area contributed by atoms with Crippen LogP contribution in [0.25, 0.3) is 10.2 Å². The molecule has 7 heteroatoms. The van der Waals surface area contributed by atoms with E-state index in [4.69, 9.17) is 0 Å². The Labute approximate surface area is 143 Å². The van der Waals surface area contributed by atoms with E-state index in [9.17, 15) is 14.4 Å². The van der Waals surface area contributed by atoms with Gasteiger partial charge in [0.25, 0.3) is 5.56 Å². The first-order valence-corrected chi connectivity index (χ1v) is 9.10. The second-order valence-electron chi connectivity index (χ2n) is 6.37. The van der Waals surface area contributed by atoms with Gasteiger partial charge in [-0.2, -0.15) is 0 Å². The summed E-state index contributed by atoms with van der Waals surface area (Å²) in [7, 11) is 0. The van der Waals surface area contributed by atoms with Crippen molar-refractivity contribution in [1.29, 1.82) is 0 Å². The van der Waals surface area contributed by atoms with Gasteiger partial charge in [-0.05, 0) is 32.3 Å². The lowest BCUT2D eigenvalue weighted by atomic mass is 9.95. The molecule has 3 rings (SSSR count). The lowest BCUT2D eigenvalue weighted by Gasteiger charge is -2.25. The van der Waals surface area contributed by atoms with Gasteiger partial charge in [0.2, 0.25) is 5.91 Å². The maximum atomic E-state index is 12.8. The van der Waals surface area contributed by atoms with Crippen molar-refractivity contribution in [3.63, 3.8) is 0 Å². The number of thiophene rings is 1. The van der Waals surface area contributed by atoms with Crippen molar-refractivity contribution < 1.29 is 9.59 Å². The molecule has 0 bridgehead atoms. The molecule has 2 heterocycles. The predicted molar refractivity (Wildman–Crippen MR) is 93.7 cm³/mol. The van der Waals surface area contributed by atoms with Gasteiger partial charge < -0.3 is 5.32 Å². The van der Waals surface area contributed by atoms with E-state index in [2.05, 4.69) is 10.3 Å². The van der Waals surface area contributed by atoms with Crippen LogP contribution in [0.5, 0.6) is 0 Å². The van der Waals surface area contributed by atoms with Crippen LogP contribution >= 0.6 is 11.3 Å². The van der Waals surface area contributed by atoms with Crippen LogP contribution < -0.4 is 10.9 Å². The van der Waals surface area contributed by atoms with Crippen molar-refractivity contribution in [1.82, 2.24) is 14.9 Å². The summed E-state index contributed by atoms with van der Waals surface area (Å²) in [6, 6.07) is -0.430. The molecule has 6 nitrogen and oxygen atoms in total. The summed E-state index contributed by atoms with van der Waals surface area (Å²) in [4.78, 5) is 41.6. The number of nitrogens with zero attached hydrogens (tertiary/aromatic N) is 2. The van der Waals surface area contributed by atoms with Gasteiger partial charge >= 0.3 is 0 Å². The van der Waals surface area contributed by atoms with Crippen molar-refractivity contribution in [2.45, 2.75) is 58.0 Å². The molecular weight excluding hydrogens is 326 g/mol. The summed E-state index contributed by atoms with van der Waals surface area (Å²) in [5.41, 5.74) is 0.366. The normalized spacial score (nSPS) is 16.9. The second-order valence-corrected chi connectivity index (χ2v) is 7.40. The maximum absolute atomic E-state index is 12.8. The van der Waals surface area contributed by atoms with Crippen molar-refractivity contribution in [3.8, 4) is 0 Å². The van der Waals surface area contributed by atoms with Gasteiger partial charge in [-0.1, -0.05) is 19.3 Å². The molecule has 1 atom stereocenters. The number of fused-ring (bicyclic) bond motifs is 1. The third-order valence-corrected chi connectivity index (χ3v) is 5.89. The third-order valence-electron chi connectivity index (χ3n) is 4.77. The van der Waals surface area contributed by atoms with E-state index in [1.165, 1.54) is 28.7 Å². The number of hydrogen-bond acceptors (Lipinski definition) is 5. The maximum Gasteiger partial charge on any atom is 0.263 e. The first kappa shape index (κ1) is 16.8. The van der Waals surface area contributed by atoms with Crippen LogP contribution in [0.4, 0.5) is 0 Å². The van der Waals surface area contributed by atoms with E-state index in [1.807, 2.05) is 0 Å². The Morgan fingerprint density at radius 1 is 1.42 bits per heavy atom. The summed E-state index contributed by atoms with van der Waals surface area (Å²) in [6.45, 7) is 3.44. The minimum absolute atomic E-state index is 0.159. The van der Waals surface area contributed by atoms with Gasteiger partial charge in [-0.3, -0.25) is 19.0 Å². The predicted octanol–water partition coefficient (Wildman–Crippen LogP) is 2.59. The van der Waals surface area contributed by atoms with E-state index in [-0.39, 0.29) is 17.5 Å². The number of carbonyl (C=O) groups is 2. The van der Waals surface area contributed by atoms with Crippen LogP contribution in [0.1, 0.15) is 60.3 Å². The summed E-state index contributed by atoms with van der Waals surface area (Å²) < 4.78 is 1.36. The highest BCUT2D eigenvalue weighted by Gasteiger charge is 2.23. The molecule has 1 saturated carbocycles. The van der Waals surface area contributed by atoms with Gasteiger partial charge in [0.05, 0.1) is 16.6 Å². The Hall–Kier alpha value is -2.02. The Morgan fingerprint density at radius 2 is 2.12 bits per heavy atom. The van der Waals surface area contributed by atoms with E-state index < -0.39 is 6.04 Å². The molecule has 1 aliphatic carbocycles. The second kappa shape index (κ2) is 6.84. The minimum Gasteiger partial charge on any atom is -0.352 e. The lowest BCUT2D eigenvalue weighted by Crippen LogP contribution is -2.42. The van der Waals surface area contributed by atoms with Crippen LogP contribution in [0.15, 0.2) is 11.1 Å². The van der Waals surface area contributed by atoms with Gasteiger partial charge in [0.15, 0.2) is 6.29 Å². The zero-order valence-electron chi connectivity index (χ0n) is 13.9. The van der Waals surface area contributed by atoms with Gasteiger partial charge in [0, 0.05) is 6.04 Å². The molecule has 0 aliphatic heterocycles. The molecule has 0 spiro atoms. The van der Waals surface area contributed by atoms with Crippen LogP contribution in [0.2, 0.25) is 0 Å². The Bertz CT molecular complexity index is 833. The van der Waals surface area contributed by atoms with Crippen molar-refractivity contribution in [3.05, 3.63) is 27.1 Å². The summed E-state index contributed by atoms with van der Waals surface area (Å²) in [5.74, 6) is -0.159. The summed E-state index contributed by atoms with van der Waals surface area (Å²) >= 11 is 1.20. The van der Waals surface area contributed by atoms with Crippen LogP contribution in [0.3, 0.4) is 0 Å². The average Bonchev–Trinajstić information content (AvgIpc) is 2.92. The molecule has 1 aliphatic rings. The number of hydrogen-bond donors (Lipinski definition) is 1. The number of amides is 1. The zero-order valence-corrected chi connectivity index (χ0v) is 14.7. The first-order chi connectivity index (χ1) is 11.5. The fraction of sp³-hybridized carbons (Fsp3) is 0.529. The van der Waals surface area contributed by atoms with Crippen molar-refractivity contribution in [2.24, 2.45) is 0 Å². The van der Waals surface area contributed by atoms with Crippen molar-refractivity contribution in [2.75, 3.05) is 0 Å². The van der Waals surface area contributed by atoms with Gasteiger partial charge in [-0.25, -0.2) is 4.98 Å². The van der Waals surface area contributed by atoms with E-state index in [0.717, 1.165) is 32.0 Å².